The van der Waals surface area contributed by atoms with Gasteiger partial charge in [-0.05, 0) is 13.3 Å². The Bertz CT molecular complexity index is 112. The van der Waals surface area contributed by atoms with Crippen molar-refractivity contribution in [1.82, 2.24) is 5.32 Å². The Morgan fingerprint density at radius 1 is 1.78 bits per heavy atom. The van der Waals surface area contributed by atoms with Gasteiger partial charge in [0.15, 0.2) is 0 Å². The van der Waals surface area contributed by atoms with E-state index in [1.54, 1.807) is 0 Å². The number of carboxylic acid groups (broad SMARTS) is 1. The highest BCUT2D eigenvalue weighted by atomic mass is 35.5. The molecule has 3 nitrogen and oxygen atoms in total. The fourth-order valence-electron chi connectivity index (χ4n) is 0.845. The Labute approximate surface area is 59.9 Å². The number of rotatable bonds is 1. The van der Waals surface area contributed by atoms with Crippen LogP contribution in [0.15, 0.2) is 0 Å². The molecule has 1 aliphatic heterocycles. The molecule has 0 aromatic carbocycles. The topological polar surface area (TPSA) is 49.3 Å². The summed E-state index contributed by atoms with van der Waals surface area (Å²) in [6, 6.07) is 0.126. The van der Waals surface area contributed by atoms with E-state index in [9.17, 15) is 4.79 Å². The van der Waals surface area contributed by atoms with Crippen molar-refractivity contribution in [2.45, 2.75) is 25.4 Å². The highest BCUT2D eigenvalue weighted by molar-refractivity contribution is 5.85. The maximum atomic E-state index is 10.1. The van der Waals surface area contributed by atoms with Gasteiger partial charge in [0.25, 0.3) is 0 Å². The van der Waals surface area contributed by atoms with Gasteiger partial charge in [-0.2, -0.15) is 0 Å². The zero-order chi connectivity index (χ0) is 6.15. The Morgan fingerprint density at radius 3 is 2.33 bits per heavy atom. The van der Waals surface area contributed by atoms with E-state index in [1.807, 2.05) is 6.92 Å². The molecule has 2 atom stereocenters. The second-order valence-electron chi connectivity index (χ2n) is 2.19. The molecule has 1 heterocycles. The van der Waals surface area contributed by atoms with E-state index in [1.165, 1.54) is 0 Å². The van der Waals surface area contributed by atoms with E-state index in [4.69, 9.17) is 5.11 Å². The molecule has 0 aliphatic carbocycles. The van der Waals surface area contributed by atoms with Crippen LogP contribution in [0.3, 0.4) is 0 Å². The van der Waals surface area contributed by atoms with Crippen molar-refractivity contribution in [2.75, 3.05) is 0 Å². The van der Waals surface area contributed by atoms with Crippen LogP contribution in [0.25, 0.3) is 0 Å². The second-order valence-corrected chi connectivity index (χ2v) is 2.19. The van der Waals surface area contributed by atoms with Crippen LogP contribution in [0.5, 0.6) is 0 Å². The molecule has 1 rings (SSSR count). The lowest BCUT2D eigenvalue weighted by Crippen LogP contribution is -2.54. The van der Waals surface area contributed by atoms with Crippen molar-refractivity contribution in [3.05, 3.63) is 0 Å². The molecule has 2 N–H and O–H groups in total. The number of nitrogens with one attached hydrogen (secondary N) is 1. The first-order chi connectivity index (χ1) is 3.70. The van der Waals surface area contributed by atoms with E-state index in [0.29, 0.717) is 6.04 Å². The first-order valence-electron chi connectivity index (χ1n) is 2.69. The predicted octanol–water partition coefficient (Wildman–Crippen LogP) is 0.243. The van der Waals surface area contributed by atoms with E-state index in [2.05, 4.69) is 5.32 Å². The predicted molar refractivity (Wildman–Crippen MR) is 35.9 cm³/mol. The molecular weight excluding hydrogens is 142 g/mol. The molecule has 1 aliphatic rings. The third kappa shape index (κ3) is 1.84. The molecule has 0 amide bonds. The molecule has 0 radical (unpaired) electrons. The van der Waals surface area contributed by atoms with Gasteiger partial charge in [-0.25, -0.2) is 0 Å². The highest BCUT2D eigenvalue weighted by Gasteiger charge is 2.29. The molecule has 1 fully saturated rings. The van der Waals surface area contributed by atoms with Crippen LogP contribution in [0, 0.1) is 0 Å². The van der Waals surface area contributed by atoms with Crippen molar-refractivity contribution in [2.24, 2.45) is 0 Å². The molecule has 0 aromatic rings. The van der Waals surface area contributed by atoms with Gasteiger partial charge in [0.2, 0.25) is 0 Å². The molecule has 0 aromatic heterocycles. The molecule has 0 saturated carbocycles. The summed E-state index contributed by atoms with van der Waals surface area (Å²) < 4.78 is 0. The Kier molecular flexibility index (Phi) is 2.94. The summed E-state index contributed by atoms with van der Waals surface area (Å²) in [5.74, 6) is -0.733. The maximum Gasteiger partial charge on any atom is 0.320 e. The fourth-order valence-corrected chi connectivity index (χ4v) is 0.845. The molecule has 4 heteroatoms. The minimum absolute atomic E-state index is 0. The van der Waals surface area contributed by atoms with E-state index in [0.717, 1.165) is 6.42 Å². The number of hydrogen-bond acceptors (Lipinski definition) is 2. The lowest BCUT2D eigenvalue weighted by molar-refractivity contribution is -0.142. The molecule has 0 bridgehead atoms. The molecule has 54 valence electrons. The zero-order valence-corrected chi connectivity index (χ0v) is 5.94. The van der Waals surface area contributed by atoms with Gasteiger partial charge in [0.1, 0.15) is 6.04 Å². The van der Waals surface area contributed by atoms with Gasteiger partial charge < -0.3 is 10.4 Å². The average Bonchev–Trinajstić information content (AvgIpc) is 1.57. The number of halogens is 1. The minimum atomic E-state index is -0.733. The summed E-state index contributed by atoms with van der Waals surface area (Å²) in [7, 11) is 0. The summed E-state index contributed by atoms with van der Waals surface area (Å²) in [4.78, 5) is 10.1. The third-order valence-electron chi connectivity index (χ3n) is 1.37. The fraction of sp³-hybridized carbons (Fsp3) is 0.800. The lowest BCUT2D eigenvalue weighted by atomic mass is 9.99. The molecule has 2 unspecified atom stereocenters. The van der Waals surface area contributed by atoms with Crippen LogP contribution >= 0.6 is 12.4 Å². The lowest BCUT2D eigenvalue weighted by Gasteiger charge is -2.30. The van der Waals surface area contributed by atoms with Crippen molar-refractivity contribution in [3.8, 4) is 0 Å². The molecular formula is C5H10ClNO2. The summed E-state index contributed by atoms with van der Waals surface area (Å²) in [6.07, 6.45) is 0.773. The van der Waals surface area contributed by atoms with E-state index < -0.39 is 5.97 Å². The monoisotopic (exact) mass is 151 g/mol. The summed E-state index contributed by atoms with van der Waals surface area (Å²) >= 11 is 0. The highest BCUT2D eigenvalue weighted by Crippen LogP contribution is 2.09. The molecule has 1 saturated heterocycles. The normalized spacial score (nSPS) is 32.1. The first-order valence-corrected chi connectivity index (χ1v) is 2.69. The SMILES string of the molecule is CC1CC(C(=O)O)N1.Cl. The maximum absolute atomic E-state index is 10.1. The Hall–Kier alpha value is -0.280. The summed E-state index contributed by atoms with van der Waals surface area (Å²) in [5.41, 5.74) is 0. The van der Waals surface area contributed by atoms with Crippen LogP contribution in [0.1, 0.15) is 13.3 Å². The van der Waals surface area contributed by atoms with Gasteiger partial charge >= 0.3 is 5.97 Å². The number of carbonyl (C=O) groups is 1. The van der Waals surface area contributed by atoms with Crippen LogP contribution in [0.2, 0.25) is 0 Å². The van der Waals surface area contributed by atoms with Gasteiger partial charge in [0, 0.05) is 6.04 Å². The standard InChI is InChI=1S/C5H9NO2.ClH/c1-3-2-4(6-3)5(7)8;/h3-4,6H,2H2,1H3,(H,7,8);1H. The zero-order valence-electron chi connectivity index (χ0n) is 5.13. The average molecular weight is 152 g/mol. The van der Waals surface area contributed by atoms with Crippen LogP contribution in [-0.4, -0.2) is 23.2 Å². The van der Waals surface area contributed by atoms with E-state index >= 15 is 0 Å². The smallest absolute Gasteiger partial charge is 0.320 e. The minimum Gasteiger partial charge on any atom is -0.480 e. The molecule has 0 spiro atoms. The van der Waals surface area contributed by atoms with Crippen LogP contribution in [-0.2, 0) is 4.79 Å². The summed E-state index contributed by atoms with van der Waals surface area (Å²) in [5, 5.41) is 11.1. The summed E-state index contributed by atoms with van der Waals surface area (Å²) in [6.45, 7) is 1.97. The van der Waals surface area contributed by atoms with Crippen molar-refractivity contribution < 1.29 is 9.90 Å². The van der Waals surface area contributed by atoms with Gasteiger partial charge in [-0.3, -0.25) is 4.79 Å². The van der Waals surface area contributed by atoms with Crippen molar-refractivity contribution in [1.29, 1.82) is 0 Å². The molecule has 9 heavy (non-hydrogen) atoms. The van der Waals surface area contributed by atoms with Gasteiger partial charge in [0.05, 0.1) is 0 Å². The Morgan fingerprint density at radius 2 is 2.22 bits per heavy atom. The third-order valence-corrected chi connectivity index (χ3v) is 1.37. The van der Waals surface area contributed by atoms with Crippen LogP contribution < -0.4 is 5.32 Å². The quantitative estimate of drug-likeness (QED) is 0.565. The van der Waals surface area contributed by atoms with E-state index in [-0.39, 0.29) is 18.4 Å². The van der Waals surface area contributed by atoms with Gasteiger partial charge in [-0.1, -0.05) is 0 Å². The Balaban J connectivity index is 0.000000640. The number of hydrogen-bond donors (Lipinski definition) is 2. The second kappa shape index (κ2) is 3.03. The van der Waals surface area contributed by atoms with Gasteiger partial charge in [-0.15, -0.1) is 12.4 Å². The van der Waals surface area contributed by atoms with Crippen molar-refractivity contribution >= 4 is 18.4 Å². The first kappa shape index (κ1) is 8.72. The number of aliphatic carboxylic acids is 1. The van der Waals surface area contributed by atoms with Crippen LogP contribution in [0.4, 0.5) is 0 Å². The number of carboxylic acids is 1. The largest absolute Gasteiger partial charge is 0.480 e. The van der Waals surface area contributed by atoms with Crippen molar-refractivity contribution in [3.63, 3.8) is 0 Å².